The topological polar surface area (TPSA) is 15.3 Å². The summed E-state index contributed by atoms with van der Waals surface area (Å²) in [4.78, 5) is 2.61. The van der Waals surface area contributed by atoms with Gasteiger partial charge < -0.3 is 10.2 Å². The molecule has 0 aromatic rings. The number of hydrogen-bond acceptors (Lipinski definition) is 3. The van der Waals surface area contributed by atoms with E-state index >= 15 is 0 Å². The Morgan fingerprint density at radius 3 is 2.61 bits per heavy atom. The SMILES string of the molecule is CC1CC(NCCN2CCSCC2)CC(C)(C)C1. The average molecular weight is 270 g/mol. The van der Waals surface area contributed by atoms with Crippen molar-refractivity contribution >= 4 is 11.8 Å². The second-order valence-corrected chi connectivity index (χ2v) is 8.24. The summed E-state index contributed by atoms with van der Waals surface area (Å²) in [7, 11) is 0. The third-order valence-corrected chi connectivity index (χ3v) is 5.29. The molecule has 0 amide bonds. The van der Waals surface area contributed by atoms with E-state index in [2.05, 4.69) is 42.7 Å². The van der Waals surface area contributed by atoms with Gasteiger partial charge in [0.15, 0.2) is 0 Å². The van der Waals surface area contributed by atoms with Gasteiger partial charge in [0.05, 0.1) is 0 Å². The van der Waals surface area contributed by atoms with Crippen LogP contribution in [0.3, 0.4) is 0 Å². The van der Waals surface area contributed by atoms with Crippen LogP contribution in [0.15, 0.2) is 0 Å². The Balaban J connectivity index is 1.66. The van der Waals surface area contributed by atoms with Crippen molar-refractivity contribution in [2.75, 3.05) is 37.7 Å². The van der Waals surface area contributed by atoms with Crippen LogP contribution >= 0.6 is 11.8 Å². The molecule has 2 aliphatic rings. The largest absolute Gasteiger partial charge is 0.313 e. The van der Waals surface area contributed by atoms with E-state index in [1.165, 1.54) is 56.9 Å². The summed E-state index contributed by atoms with van der Waals surface area (Å²) >= 11 is 2.10. The maximum atomic E-state index is 3.81. The van der Waals surface area contributed by atoms with Gasteiger partial charge in [-0.15, -0.1) is 0 Å². The normalized spacial score (nSPS) is 33.5. The van der Waals surface area contributed by atoms with E-state index in [0.29, 0.717) is 5.41 Å². The van der Waals surface area contributed by atoms with Crippen molar-refractivity contribution in [3.8, 4) is 0 Å². The number of hydrogen-bond donors (Lipinski definition) is 1. The van der Waals surface area contributed by atoms with Gasteiger partial charge in [0.1, 0.15) is 0 Å². The molecule has 0 aromatic carbocycles. The summed E-state index contributed by atoms with van der Waals surface area (Å²) in [6.07, 6.45) is 4.13. The van der Waals surface area contributed by atoms with Crippen LogP contribution in [-0.2, 0) is 0 Å². The number of rotatable bonds is 4. The third-order valence-electron chi connectivity index (χ3n) is 4.35. The van der Waals surface area contributed by atoms with Crippen LogP contribution < -0.4 is 5.32 Å². The fraction of sp³-hybridized carbons (Fsp3) is 1.00. The highest BCUT2D eigenvalue weighted by atomic mass is 32.2. The van der Waals surface area contributed by atoms with Gasteiger partial charge in [0, 0.05) is 43.7 Å². The Morgan fingerprint density at radius 2 is 1.94 bits per heavy atom. The molecule has 2 atom stereocenters. The van der Waals surface area contributed by atoms with Crippen molar-refractivity contribution in [3.63, 3.8) is 0 Å². The van der Waals surface area contributed by atoms with Gasteiger partial charge >= 0.3 is 0 Å². The molecule has 1 aliphatic carbocycles. The van der Waals surface area contributed by atoms with Crippen LogP contribution in [0, 0.1) is 11.3 Å². The Hall–Kier alpha value is 0.270. The zero-order valence-corrected chi connectivity index (χ0v) is 13.2. The summed E-state index contributed by atoms with van der Waals surface area (Å²) < 4.78 is 0. The monoisotopic (exact) mass is 270 g/mol. The van der Waals surface area contributed by atoms with E-state index in [-0.39, 0.29) is 0 Å². The predicted octanol–water partition coefficient (Wildman–Crippen LogP) is 2.84. The maximum Gasteiger partial charge on any atom is 0.0108 e. The minimum Gasteiger partial charge on any atom is -0.313 e. The molecular formula is C15H30N2S. The van der Waals surface area contributed by atoms with Crippen molar-refractivity contribution < 1.29 is 0 Å². The molecule has 0 aromatic heterocycles. The van der Waals surface area contributed by atoms with Crippen LogP contribution in [0.5, 0.6) is 0 Å². The Kier molecular flexibility index (Phi) is 5.40. The number of nitrogens with zero attached hydrogens (tertiary/aromatic N) is 1. The highest BCUT2D eigenvalue weighted by Crippen LogP contribution is 2.38. The van der Waals surface area contributed by atoms with Gasteiger partial charge in [0.2, 0.25) is 0 Å². The smallest absolute Gasteiger partial charge is 0.0108 e. The molecule has 1 saturated heterocycles. The van der Waals surface area contributed by atoms with Crippen molar-refractivity contribution in [2.45, 2.75) is 46.1 Å². The molecule has 2 fully saturated rings. The van der Waals surface area contributed by atoms with Crippen molar-refractivity contribution in [1.82, 2.24) is 10.2 Å². The van der Waals surface area contributed by atoms with E-state index in [0.717, 1.165) is 12.0 Å². The molecule has 2 unspecified atom stereocenters. The zero-order chi connectivity index (χ0) is 13.0. The molecule has 0 bridgehead atoms. The van der Waals surface area contributed by atoms with Gasteiger partial charge in [-0.2, -0.15) is 11.8 Å². The van der Waals surface area contributed by atoms with Gasteiger partial charge in [-0.05, 0) is 30.6 Å². The van der Waals surface area contributed by atoms with Crippen LogP contribution in [-0.4, -0.2) is 48.6 Å². The van der Waals surface area contributed by atoms with Crippen molar-refractivity contribution in [2.24, 2.45) is 11.3 Å². The second kappa shape index (κ2) is 6.62. The Morgan fingerprint density at radius 1 is 1.22 bits per heavy atom. The molecule has 2 rings (SSSR count). The summed E-state index contributed by atoms with van der Waals surface area (Å²) in [6.45, 7) is 12.3. The van der Waals surface area contributed by atoms with Crippen molar-refractivity contribution in [3.05, 3.63) is 0 Å². The van der Waals surface area contributed by atoms with Gasteiger partial charge in [-0.3, -0.25) is 0 Å². The lowest BCUT2D eigenvalue weighted by atomic mass is 9.70. The molecule has 1 heterocycles. The van der Waals surface area contributed by atoms with Crippen LogP contribution in [0.25, 0.3) is 0 Å². The summed E-state index contributed by atoms with van der Waals surface area (Å²) in [5.74, 6) is 3.54. The molecule has 0 spiro atoms. The highest BCUT2D eigenvalue weighted by Gasteiger charge is 2.31. The molecule has 1 N–H and O–H groups in total. The van der Waals surface area contributed by atoms with E-state index in [1.807, 2.05) is 0 Å². The third kappa shape index (κ3) is 4.75. The summed E-state index contributed by atoms with van der Waals surface area (Å²) in [6, 6.07) is 0.753. The van der Waals surface area contributed by atoms with Crippen LogP contribution in [0.1, 0.15) is 40.0 Å². The maximum absolute atomic E-state index is 3.81. The first kappa shape index (κ1) is 14.7. The lowest BCUT2D eigenvalue weighted by Gasteiger charge is -2.39. The van der Waals surface area contributed by atoms with Gasteiger partial charge in [-0.25, -0.2) is 0 Å². The lowest BCUT2D eigenvalue weighted by molar-refractivity contribution is 0.149. The fourth-order valence-electron chi connectivity index (χ4n) is 3.75. The zero-order valence-electron chi connectivity index (χ0n) is 12.4. The summed E-state index contributed by atoms with van der Waals surface area (Å²) in [5, 5.41) is 3.81. The molecule has 1 saturated carbocycles. The number of thioether (sulfide) groups is 1. The first-order valence-electron chi connectivity index (χ1n) is 7.59. The minimum atomic E-state index is 0.539. The van der Waals surface area contributed by atoms with Gasteiger partial charge in [-0.1, -0.05) is 20.8 Å². The van der Waals surface area contributed by atoms with Crippen LogP contribution in [0.2, 0.25) is 0 Å². The first-order valence-corrected chi connectivity index (χ1v) is 8.74. The number of nitrogens with one attached hydrogen (secondary N) is 1. The Bertz CT molecular complexity index is 249. The second-order valence-electron chi connectivity index (χ2n) is 7.02. The van der Waals surface area contributed by atoms with E-state index in [9.17, 15) is 0 Å². The van der Waals surface area contributed by atoms with Gasteiger partial charge in [0.25, 0.3) is 0 Å². The standard InChI is InChI=1S/C15H30N2S/c1-13-10-14(12-15(2,3)11-13)16-4-5-17-6-8-18-9-7-17/h13-14,16H,4-12H2,1-3H3. The molecule has 0 radical (unpaired) electrons. The average Bonchev–Trinajstić information content (AvgIpc) is 2.27. The van der Waals surface area contributed by atoms with E-state index in [4.69, 9.17) is 0 Å². The molecule has 18 heavy (non-hydrogen) atoms. The first-order chi connectivity index (χ1) is 8.55. The van der Waals surface area contributed by atoms with Crippen molar-refractivity contribution in [1.29, 1.82) is 0 Å². The quantitative estimate of drug-likeness (QED) is 0.846. The molecular weight excluding hydrogens is 240 g/mol. The predicted molar refractivity (Wildman–Crippen MR) is 82.4 cm³/mol. The molecule has 1 aliphatic heterocycles. The molecule has 106 valence electrons. The minimum absolute atomic E-state index is 0.539. The molecule has 2 nitrogen and oxygen atoms in total. The summed E-state index contributed by atoms with van der Waals surface area (Å²) in [5.41, 5.74) is 0.539. The highest BCUT2D eigenvalue weighted by molar-refractivity contribution is 7.99. The lowest BCUT2D eigenvalue weighted by Crippen LogP contribution is -2.44. The van der Waals surface area contributed by atoms with E-state index < -0.39 is 0 Å². The molecule has 3 heteroatoms. The fourth-order valence-corrected chi connectivity index (χ4v) is 4.73. The Labute approximate surface area is 117 Å². The van der Waals surface area contributed by atoms with E-state index in [1.54, 1.807) is 0 Å². The van der Waals surface area contributed by atoms with Crippen LogP contribution in [0.4, 0.5) is 0 Å².